The molecular formula is C12H18N2O4. The maximum Gasteiger partial charge on any atom is 0.270 e. The average Bonchev–Trinajstić information content (AvgIpc) is 2.33. The first kappa shape index (κ1) is 14.4. The summed E-state index contributed by atoms with van der Waals surface area (Å²) in [5, 5.41) is 13.9. The maximum atomic E-state index is 10.7. The van der Waals surface area contributed by atoms with Crippen molar-refractivity contribution in [3.05, 3.63) is 33.9 Å². The molecule has 0 fully saturated rings. The summed E-state index contributed by atoms with van der Waals surface area (Å²) in [5.74, 6) is 0.593. The van der Waals surface area contributed by atoms with Crippen molar-refractivity contribution in [3.8, 4) is 5.75 Å². The van der Waals surface area contributed by atoms with Gasteiger partial charge in [0.25, 0.3) is 5.69 Å². The Kier molecular flexibility index (Phi) is 5.54. The molecule has 0 spiro atoms. The quantitative estimate of drug-likeness (QED) is 0.458. The summed E-state index contributed by atoms with van der Waals surface area (Å²) in [6.07, 6.45) is 0. The van der Waals surface area contributed by atoms with Crippen molar-refractivity contribution >= 4 is 5.69 Å². The van der Waals surface area contributed by atoms with E-state index in [9.17, 15) is 10.1 Å². The van der Waals surface area contributed by atoms with Gasteiger partial charge in [-0.25, -0.2) is 0 Å². The van der Waals surface area contributed by atoms with Crippen LogP contribution in [0.25, 0.3) is 0 Å². The summed E-state index contributed by atoms with van der Waals surface area (Å²) in [5.41, 5.74) is 0.801. The van der Waals surface area contributed by atoms with Crippen LogP contribution in [0.4, 0.5) is 5.69 Å². The molecule has 0 heterocycles. The topological polar surface area (TPSA) is 73.6 Å². The van der Waals surface area contributed by atoms with Crippen LogP contribution in [0, 0.1) is 10.1 Å². The van der Waals surface area contributed by atoms with E-state index in [1.807, 2.05) is 13.8 Å². The van der Waals surface area contributed by atoms with Gasteiger partial charge < -0.3 is 14.8 Å². The summed E-state index contributed by atoms with van der Waals surface area (Å²) in [7, 11) is 1.53. The molecule has 0 saturated carbocycles. The Morgan fingerprint density at radius 2 is 2.17 bits per heavy atom. The Labute approximate surface area is 106 Å². The van der Waals surface area contributed by atoms with Crippen LogP contribution in [-0.4, -0.2) is 24.9 Å². The van der Waals surface area contributed by atoms with Crippen molar-refractivity contribution in [1.29, 1.82) is 0 Å². The largest absolute Gasteiger partial charge is 0.467 e. The van der Waals surface area contributed by atoms with Crippen LogP contribution in [0.2, 0.25) is 0 Å². The maximum absolute atomic E-state index is 10.7. The van der Waals surface area contributed by atoms with Gasteiger partial charge in [0.1, 0.15) is 5.75 Å². The highest BCUT2D eigenvalue weighted by atomic mass is 16.7. The second-order valence-electron chi connectivity index (χ2n) is 4.14. The lowest BCUT2D eigenvalue weighted by Crippen LogP contribution is -2.22. The minimum absolute atomic E-state index is 0.0559. The van der Waals surface area contributed by atoms with Gasteiger partial charge in [0.05, 0.1) is 4.92 Å². The van der Waals surface area contributed by atoms with Crippen LogP contribution in [0.3, 0.4) is 0 Å². The van der Waals surface area contributed by atoms with E-state index >= 15 is 0 Å². The summed E-state index contributed by atoms with van der Waals surface area (Å²) < 4.78 is 10.2. The van der Waals surface area contributed by atoms with E-state index in [2.05, 4.69) is 5.32 Å². The number of hydrogen-bond acceptors (Lipinski definition) is 5. The highest BCUT2D eigenvalue weighted by Crippen LogP contribution is 2.24. The lowest BCUT2D eigenvalue weighted by molar-refractivity contribution is -0.384. The predicted molar refractivity (Wildman–Crippen MR) is 67.6 cm³/mol. The van der Waals surface area contributed by atoms with Crippen molar-refractivity contribution < 1.29 is 14.4 Å². The first-order chi connectivity index (χ1) is 8.54. The van der Waals surface area contributed by atoms with Gasteiger partial charge in [-0.2, -0.15) is 0 Å². The number of nitrogens with zero attached hydrogens (tertiary/aromatic N) is 1. The number of nitrogens with one attached hydrogen (secondary N) is 1. The highest BCUT2D eigenvalue weighted by Gasteiger charge is 2.12. The Morgan fingerprint density at radius 3 is 2.72 bits per heavy atom. The normalized spacial score (nSPS) is 10.7. The molecule has 0 radical (unpaired) electrons. The zero-order valence-corrected chi connectivity index (χ0v) is 10.8. The molecule has 0 aliphatic rings. The SMILES string of the molecule is COCOc1ccc([N+](=O)[O-])cc1CNC(C)C. The number of nitro groups is 1. The fourth-order valence-corrected chi connectivity index (χ4v) is 1.39. The van der Waals surface area contributed by atoms with Crippen LogP contribution in [0.5, 0.6) is 5.75 Å². The van der Waals surface area contributed by atoms with Gasteiger partial charge >= 0.3 is 0 Å². The highest BCUT2D eigenvalue weighted by molar-refractivity contribution is 5.43. The van der Waals surface area contributed by atoms with E-state index in [1.165, 1.54) is 19.2 Å². The molecule has 0 amide bonds. The van der Waals surface area contributed by atoms with Crippen molar-refractivity contribution in [2.75, 3.05) is 13.9 Å². The number of methoxy groups -OCH3 is 1. The molecule has 6 heteroatoms. The molecule has 0 saturated heterocycles. The molecule has 1 rings (SSSR count). The van der Waals surface area contributed by atoms with Crippen LogP contribution < -0.4 is 10.1 Å². The van der Waals surface area contributed by atoms with E-state index in [4.69, 9.17) is 9.47 Å². The van der Waals surface area contributed by atoms with Crippen LogP contribution in [0.15, 0.2) is 18.2 Å². The Bertz CT molecular complexity index is 407. The summed E-state index contributed by atoms with van der Waals surface area (Å²) >= 11 is 0. The number of hydrogen-bond donors (Lipinski definition) is 1. The zero-order chi connectivity index (χ0) is 13.5. The van der Waals surface area contributed by atoms with Gasteiger partial charge in [-0.3, -0.25) is 10.1 Å². The Hall–Kier alpha value is -1.66. The molecule has 0 aliphatic carbocycles. The lowest BCUT2D eigenvalue weighted by Gasteiger charge is -2.13. The first-order valence-electron chi connectivity index (χ1n) is 5.67. The molecule has 100 valence electrons. The third-order valence-electron chi connectivity index (χ3n) is 2.29. The summed E-state index contributed by atoms with van der Waals surface area (Å²) in [6.45, 7) is 4.64. The molecule has 0 atom stereocenters. The predicted octanol–water partition coefficient (Wildman–Crippen LogP) is 2.08. The molecule has 0 bridgehead atoms. The Morgan fingerprint density at radius 1 is 1.44 bits per heavy atom. The molecule has 0 aliphatic heterocycles. The second-order valence-corrected chi connectivity index (χ2v) is 4.14. The standard InChI is InChI=1S/C12H18N2O4/c1-9(2)13-7-10-6-11(14(15)16)4-5-12(10)18-8-17-3/h4-6,9,13H,7-8H2,1-3H3. The second kappa shape index (κ2) is 6.93. The minimum atomic E-state index is -0.418. The van der Waals surface area contributed by atoms with Gasteiger partial charge in [0.15, 0.2) is 6.79 Å². The molecule has 1 aromatic rings. The fourth-order valence-electron chi connectivity index (χ4n) is 1.39. The van der Waals surface area contributed by atoms with Gasteiger partial charge in [0, 0.05) is 37.4 Å². The lowest BCUT2D eigenvalue weighted by atomic mass is 10.1. The van der Waals surface area contributed by atoms with Crippen LogP contribution in [-0.2, 0) is 11.3 Å². The molecule has 18 heavy (non-hydrogen) atoms. The molecule has 6 nitrogen and oxygen atoms in total. The van der Waals surface area contributed by atoms with E-state index in [-0.39, 0.29) is 12.5 Å². The van der Waals surface area contributed by atoms with Crippen LogP contribution in [0.1, 0.15) is 19.4 Å². The van der Waals surface area contributed by atoms with E-state index in [1.54, 1.807) is 6.07 Å². The van der Waals surface area contributed by atoms with Gasteiger partial charge in [0.2, 0.25) is 0 Å². The summed E-state index contributed by atoms with van der Waals surface area (Å²) in [6, 6.07) is 4.82. The number of nitro benzene ring substituents is 1. The van der Waals surface area contributed by atoms with E-state index in [0.29, 0.717) is 18.3 Å². The van der Waals surface area contributed by atoms with E-state index < -0.39 is 4.92 Å². The number of benzene rings is 1. The minimum Gasteiger partial charge on any atom is -0.467 e. The molecule has 1 aromatic carbocycles. The molecular weight excluding hydrogens is 236 g/mol. The van der Waals surface area contributed by atoms with Crippen molar-refractivity contribution in [1.82, 2.24) is 5.32 Å². The third kappa shape index (κ3) is 4.31. The smallest absolute Gasteiger partial charge is 0.270 e. The number of ether oxygens (including phenoxy) is 2. The third-order valence-corrected chi connectivity index (χ3v) is 2.29. The number of non-ortho nitro benzene ring substituents is 1. The number of rotatable bonds is 7. The first-order valence-corrected chi connectivity index (χ1v) is 5.67. The molecule has 0 aromatic heterocycles. The van der Waals surface area contributed by atoms with Gasteiger partial charge in [-0.15, -0.1) is 0 Å². The Balaban J connectivity index is 2.90. The average molecular weight is 254 g/mol. The van der Waals surface area contributed by atoms with Crippen LogP contribution >= 0.6 is 0 Å². The molecule has 1 N–H and O–H groups in total. The molecule has 0 unspecified atom stereocenters. The monoisotopic (exact) mass is 254 g/mol. The van der Waals surface area contributed by atoms with Crippen molar-refractivity contribution in [3.63, 3.8) is 0 Å². The van der Waals surface area contributed by atoms with Gasteiger partial charge in [-0.1, -0.05) is 13.8 Å². The zero-order valence-electron chi connectivity index (χ0n) is 10.8. The summed E-state index contributed by atoms with van der Waals surface area (Å²) in [4.78, 5) is 10.3. The van der Waals surface area contributed by atoms with Crippen molar-refractivity contribution in [2.24, 2.45) is 0 Å². The van der Waals surface area contributed by atoms with E-state index in [0.717, 1.165) is 5.56 Å². The van der Waals surface area contributed by atoms with Crippen molar-refractivity contribution in [2.45, 2.75) is 26.4 Å². The van der Waals surface area contributed by atoms with Gasteiger partial charge in [-0.05, 0) is 6.07 Å². The fraction of sp³-hybridized carbons (Fsp3) is 0.500.